The van der Waals surface area contributed by atoms with Gasteiger partial charge in [-0.3, -0.25) is 19.3 Å². The monoisotopic (exact) mass is 511 g/mol. The Kier molecular flexibility index (Phi) is 8.43. The Balaban J connectivity index is 0.00000300. The summed E-state index contributed by atoms with van der Waals surface area (Å²) < 4.78 is 1.67. The van der Waals surface area contributed by atoms with Crippen LogP contribution in [0.3, 0.4) is 0 Å². The van der Waals surface area contributed by atoms with Crippen LogP contribution in [0.4, 0.5) is 5.69 Å². The third-order valence-corrected chi connectivity index (χ3v) is 4.47. The van der Waals surface area contributed by atoms with Gasteiger partial charge in [-0.2, -0.15) is 5.10 Å². The highest BCUT2D eigenvalue weighted by atomic mass is 127. The first kappa shape index (κ1) is 22.7. The smallest absolute Gasteiger partial charge is 0.246 e. The molecule has 2 heterocycles. The Hall–Kier alpha value is -2.63. The van der Waals surface area contributed by atoms with Gasteiger partial charge in [0.25, 0.3) is 0 Å². The number of guanidine groups is 1. The second-order valence-electron chi connectivity index (χ2n) is 6.50. The molecule has 1 aromatic heterocycles. The quantitative estimate of drug-likeness (QED) is 0.348. The van der Waals surface area contributed by atoms with E-state index < -0.39 is 0 Å². The fraction of sp³-hybridized carbons (Fsp3) is 0.368. The molecule has 2 N–H and O–H groups in total. The van der Waals surface area contributed by atoms with E-state index >= 15 is 0 Å². The van der Waals surface area contributed by atoms with Gasteiger partial charge in [0.15, 0.2) is 5.96 Å². The fourth-order valence-electron chi connectivity index (χ4n) is 3.03. The largest absolute Gasteiger partial charge is 0.350 e. The Bertz CT molecular complexity index is 853. The highest BCUT2D eigenvalue weighted by Gasteiger charge is 2.27. The molecule has 1 fully saturated rings. The van der Waals surface area contributed by atoms with Crippen molar-refractivity contribution >= 4 is 47.4 Å². The average Bonchev–Trinajstić information content (AvgIpc) is 3.13. The van der Waals surface area contributed by atoms with Gasteiger partial charge in [0.1, 0.15) is 6.54 Å². The van der Waals surface area contributed by atoms with Crippen LogP contribution in [0.25, 0.3) is 0 Å². The summed E-state index contributed by atoms with van der Waals surface area (Å²) >= 11 is 0. The van der Waals surface area contributed by atoms with Crippen LogP contribution in [0.2, 0.25) is 0 Å². The lowest BCUT2D eigenvalue weighted by molar-refractivity contribution is -0.120. The molecule has 0 saturated carbocycles. The Labute approximate surface area is 187 Å². The molecule has 10 heteroatoms. The number of anilines is 1. The summed E-state index contributed by atoms with van der Waals surface area (Å²) in [5.41, 5.74) is 1.83. The van der Waals surface area contributed by atoms with Crippen LogP contribution < -0.4 is 15.5 Å². The Morgan fingerprint density at radius 3 is 2.59 bits per heavy atom. The minimum absolute atomic E-state index is 0. The molecule has 1 saturated heterocycles. The van der Waals surface area contributed by atoms with E-state index in [-0.39, 0.29) is 48.9 Å². The number of hydrogen-bond acceptors (Lipinski definition) is 4. The fourth-order valence-corrected chi connectivity index (χ4v) is 3.03. The lowest BCUT2D eigenvalue weighted by Gasteiger charge is -2.35. The molecule has 1 aliphatic rings. The van der Waals surface area contributed by atoms with Crippen LogP contribution in [0.5, 0.6) is 0 Å². The second kappa shape index (κ2) is 10.8. The maximum Gasteiger partial charge on any atom is 0.246 e. The van der Waals surface area contributed by atoms with Crippen molar-refractivity contribution in [3.05, 3.63) is 48.3 Å². The predicted molar refractivity (Wildman–Crippen MR) is 122 cm³/mol. The first-order valence-corrected chi connectivity index (χ1v) is 9.12. The zero-order valence-electron chi connectivity index (χ0n) is 16.5. The number of rotatable bonds is 5. The van der Waals surface area contributed by atoms with Crippen molar-refractivity contribution in [3.8, 4) is 0 Å². The summed E-state index contributed by atoms with van der Waals surface area (Å²) in [6.07, 6.45) is 3.50. The molecule has 3 rings (SSSR count). The minimum atomic E-state index is -0.134. The number of carbonyl (C=O) groups excluding carboxylic acids is 2. The molecule has 1 aromatic carbocycles. The van der Waals surface area contributed by atoms with E-state index in [2.05, 4.69) is 20.7 Å². The summed E-state index contributed by atoms with van der Waals surface area (Å²) in [5.74, 6) is 0.370. The van der Waals surface area contributed by atoms with Gasteiger partial charge in [0.2, 0.25) is 11.8 Å². The van der Waals surface area contributed by atoms with Gasteiger partial charge < -0.3 is 20.4 Å². The molecule has 0 bridgehead atoms. The Morgan fingerprint density at radius 2 is 1.97 bits per heavy atom. The first-order chi connectivity index (χ1) is 13.6. The van der Waals surface area contributed by atoms with Gasteiger partial charge in [0.05, 0.1) is 18.4 Å². The number of halogens is 1. The highest BCUT2D eigenvalue weighted by molar-refractivity contribution is 14.0. The van der Waals surface area contributed by atoms with Crippen LogP contribution in [-0.4, -0.2) is 65.7 Å². The number of carbonyl (C=O) groups is 2. The standard InChI is InChI=1S/C19H25N7O2.HI/c1-20-19(22-12-17(27)21-10-15-6-4-3-5-7-15)25-8-9-26(18(28)14-25)16-11-23-24(2)13-16;/h3-7,11,13H,8-10,12,14H2,1-2H3,(H,20,22)(H,21,27);1H. The number of piperazine rings is 1. The summed E-state index contributed by atoms with van der Waals surface area (Å²) in [6, 6.07) is 9.72. The normalized spacial score (nSPS) is 14.4. The minimum Gasteiger partial charge on any atom is -0.350 e. The van der Waals surface area contributed by atoms with Crippen molar-refractivity contribution in [3.63, 3.8) is 0 Å². The molecule has 29 heavy (non-hydrogen) atoms. The number of aromatic nitrogens is 2. The van der Waals surface area contributed by atoms with Gasteiger partial charge in [0, 0.05) is 39.9 Å². The van der Waals surface area contributed by atoms with E-state index in [1.807, 2.05) is 48.5 Å². The highest BCUT2D eigenvalue weighted by Crippen LogP contribution is 2.15. The van der Waals surface area contributed by atoms with Gasteiger partial charge in [-0.25, -0.2) is 0 Å². The molecule has 156 valence electrons. The van der Waals surface area contributed by atoms with E-state index in [0.717, 1.165) is 11.3 Å². The molecule has 2 amide bonds. The summed E-state index contributed by atoms with van der Waals surface area (Å²) in [7, 11) is 3.46. The molecule has 0 radical (unpaired) electrons. The topological polar surface area (TPSA) is 94.9 Å². The number of nitrogens with one attached hydrogen (secondary N) is 2. The molecular formula is C19H26IN7O2. The van der Waals surface area contributed by atoms with Crippen molar-refractivity contribution < 1.29 is 9.59 Å². The van der Waals surface area contributed by atoms with E-state index in [1.54, 1.807) is 22.8 Å². The molecular weight excluding hydrogens is 485 g/mol. The van der Waals surface area contributed by atoms with Crippen molar-refractivity contribution in [2.45, 2.75) is 6.54 Å². The van der Waals surface area contributed by atoms with Crippen molar-refractivity contribution in [1.29, 1.82) is 0 Å². The molecule has 0 spiro atoms. The number of hydrogen-bond donors (Lipinski definition) is 2. The van der Waals surface area contributed by atoms with E-state index in [0.29, 0.717) is 25.6 Å². The molecule has 9 nitrogen and oxygen atoms in total. The Morgan fingerprint density at radius 1 is 1.21 bits per heavy atom. The third kappa shape index (κ3) is 6.17. The molecule has 0 aliphatic carbocycles. The predicted octanol–water partition coefficient (Wildman–Crippen LogP) is 0.579. The van der Waals surface area contributed by atoms with Crippen LogP contribution in [0, 0.1) is 0 Å². The average molecular weight is 511 g/mol. The van der Waals surface area contributed by atoms with Crippen LogP contribution in [-0.2, 0) is 23.2 Å². The van der Waals surface area contributed by atoms with Crippen LogP contribution in [0.15, 0.2) is 47.7 Å². The number of nitrogens with zero attached hydrogens (tertiary/aromatic N) is 5. The summed E-state index contributed by atoms with van der Waals surface area (Å²) in [6.45, 7) is 1.91. The van der Waals surface area contributed by atoms with Crippen molar-refractivity contribution in [1.82, 2.24) is 25.3 Å². The van der Waals surface area contributed by atoms with Crippen molar-refractivity contribution in [2.75, 3.05) is 38.1 Å². The molecule has 0 unspecified atom stereocenters. The zero-order chi connectivity index (χ0) is 19.9. The molecule has 0 atom stereocenters. The number of benzene rings is 1. The molecule has 1 aliphatic heterocycles. The molecule has 2 aromatic rings. The maximum absolute atomic E-state index is 12.5. The van der Waals surface area contributed by atoms with E-state index in [1.165, 1.54) is 0 Å². The number of aryl methyl sites for hydroxylation is 1. The SMILES string of the molecule is CN=C(NCC(=O)NCc1ccccc1)N1CCN(c2cnn(C)c2)C(=O)C1.I. The zero-order valence-corrected chi connectivity index (χ0v) is 18.9. The third-order valence-electron chi connectivity index (χ3n) is 4.47. The lowest BCUT2D eigenvalue weighted by Crippen LogP contribution is -2.56. The van der Waals surface area contributed by atoms with Gasteiger partial charge in [-0.15, -0.1) is 24.0 Å². The lowest BCUT2D eigenvalue weighted by atomic mass is 10.2. The maximum atomic E-state index is 12.5. The number of amides is 2. The van der Waals surface area contributed by atoms with Gasteiger partial charge in [-0.05, 0) is 5.56 Å². The van der Waals surface area contributed by atoms with Gasteiger partial charge in [-0.1, -0.05) is 30.3 Å². The van der Waals surface area contributed by atoms with Crippen molar-refractivity contribution in [2.24, 2.45) is 12.0 Å². The first-order valence-electron chi connectivity index (χ1n) is 9.12. The van der Waals surface area contributed by atoms with E-state index in [9.17, 15) is 9.59 Å². The van der Waals surface area contributed by atoms with Gasteiger partial charge >= 0.3 is 0 Å². The van der Waals surface area contributed by atoms with Crippen LogP contribution in [0.1, 0.15) is 5.56 Å². The summed E-state index contributed by atoms with van der Waals surface area (Å²) in [4.78, 5) is 32.4. The summed E-state index contributed by atoms with van der Waals surface area (Å²) in [5, 5.41) is 10.0. The number of aliphatic imine (C=N–C) groups is 1. The second-order valence-corrected chi connectivity index (χ2v) is 6.50. The van der Waals surface area contributed by atoms with E-state index in [4.69, 9.17) is 0 Å². The van der Waals surface area contributed by atoms with Crippen LogP contribution >= 0.6 is 24.0 Å².